The van der Waals surface area contributed by atoms with Crippen molar-refractivity contribution in [3.8, 4) is 5.75 Å². The van der Waals surface area contributed by atoms with Crippen LogP contribution in [-0.4, -0.2) is 46.4 Å². The van der Waals surface area contributed by atoms with Crippen LogP contribution in [0, 0.1) is 9.52 Å². The number of hydrogen-bond donors (Lipinski definition) is 1. The Morgan fingerprint density at radius 2 is 2.42 bits per heavy atom. The number of aromatic nitrogens is 1. The van der Waals surface area contributed by atoms with Crippen molar-refractivity contribution in [3.63, 3.8) is 0 Å². The molecule has 0 spiro atoms. The Kier molecular flexibility index (Phi) is 4.38. The number of alkyl halides is 1. The zero-order valence-electron chi connectivity index (χ0n) is 9.72. The first-order valence-corrected chi connectivity index (χ1v) is 6.63. The van der Waals surface area contributed by atoms with Crippen molar-refractivity contribution in [2.45, 2.75) is 18.6 Å². The lowest BCUT2D eigenvalue weighted by Crippen LogP contribution is -2.38. The van der Waals surface area contributed by atoms with Crippen molar-refractivity contribution in [1.29, 1.82) is 0 Å². The second-order valence-electron chi connectivity index (χ2n) is 4.15. The van der Waals surface area contributed by atoms with Crippen LogP contribution in [0.5, 0.6) is 5.75 Å². The molecule has 0 bridgehead atoms. The Morgan fingerprint density at radius 3 is 3.05 bits per heavy atom. The monoisotopic (exact) mass is 384 g/mol. The van der Waals surface area contributed by atoms with E-state index in [0.29, 0.717) is 3.57 Å². The third kappa shape index (κ3) is 3.23. The minimum absolute atomic E-state index is 0.0317. The maximum Gasteiger partial charge on any atom is 0.407 e. The number of likely N-dealkylation sites (tertiary alicyclic amines) is 1. The number of hydrogen-bond acceptors (Lipinski definition) is 3. The largest absolute Gasteiger partial charge is 0.486 e. The van der Waals surface area contributed by atoms with E-state index >= 15 is 0 Å². The van der Waals surface area contributed by atoms with Gasteiger partial charge in [-0.2, -0.15) is 4.39 Å². The zero-order chi connectivity index (χ0) is 14.0. The van der Waals surface area contributed by atoms with Gasteiger partial charge in [0, 0.05) is 12.6 Å². The van der Waals surface area contributed by atoms with E-state index in [2.05, 4.69) is 4.98 Å². The highest BCUT2D eigenvalue weighted by Crippen LogP contribution is 2.25. The highest BCUT2D eigenvalue weighted by atomic mass is 127. The minimum Gasteiger partial charge on any atom is -0.486 e. The quantitative estimate of drug-likeness (QED) is 0.642. The molecule has 5 nitrogen and oxygen atoms in total. The minimum atomic E-state index is -1.21. The van der Waals surface area contributed by atoms with Crippen molar-refractivity contribution in [2.24, 2.45) is 0 Å². The first kappa shape index (κ1) is 14.2. The SMILES string of the molecule is O=C(O)N1C[C@@H](F)C[C@H]1COc1c(I)ccnc1F. The fourth-order valence-corrected chi connectivity index (χ4v) is 2.50. The van der Waals surface area contributed by atoms with Crippen molar-refractivity contribution >= 4 is 28.7 Å². The summed E-state index contributed by atoms with van der Waals surface area (Å²) in [5.74, 6) is -0.792. The number of nitrogens with zero attached hydrogens (tertiary/aromatic N) is 2. The van der Waals surface area contributed by atoms with Gasteiger partial charge in [-0.25, -0.2) is 14.2 Å². The lowest BCUT2D eigenvalue weighted by Gasteiger charge is -2.21. The molecule has 1 saturated heterocycles. The summed E-state index contributed by atoms with van der Waals surface area (Å²) in [7, 11) is 0. The van der Waals surface area contributed by atoms with E-state index in [1.54, 1.807) is 6.07 Å². The van der Waals surface area contributed by atoms with Crippen LogP contribution in [0.1, 0.15) is 6.42 Å². The van der Waals surface area contributed by atoms with Crippen LogP contribution in [0.2, 0.25) is 0 Å². The fraction of sp³-hybridized carbons (Fsp3) is 0.455. The van der Waals surface area contributed by atoms with Gasteiger partial charge in [-0.15, -0.1) is 0 Å². The Morgan fingerprint density at radius 1 is 1.68 bits per heavy atom. The summed E-state index contributed by atoms with van der Waals surface area (Å²) < 4.78 is 32.4. The van der Waals surface area contributed by atoms with Gasteiger partial charge in [0.15, 0.2) is 5.75 Å². The number of pyridine rings is 1. The standard InChI is InChI=1S/C11H11F2IN2O3/c12-6-3-7(16(4-6)11(17)18)5-19-9-8(14)1-2-15-10(9)13/h1-2,6-7H,3-5H2,(H,17,18)/t6-,7-/m0/s1. The van der Waals surface area contributed by atoms with Crippen LogP contribution < -0.4 is 4.74 Å². The van der Waals surface area contributed by atoms with E-state index in [9.17, 15) is 13.6 Å². The van der Waals surface area contributed by atoms with Crippen LogP contribution in [0.25, 0.3) is 0 Å². The van der Waals surface area contributed by atoms with E-state index in [-0.39, 0.29) is 25.3 Å². The molecule has 104 valence electrons. The molecule has 1 aromatic heterocycles. The van der Waals surface area contributed by atoms with E-state index in [4.69, 9.17) is 9.84 Å². The first-order valence-electron chi connectivity index (χ1n) is 5.55. The topological polar surface area (TPSA) is 62.7 Å². The van der Waals surface area contributed by atoms with Gasteiger partial charge >= 0.3 is 6.09 Å². The summed E-state index contributed by atoms with van der Waals surface area (Å²) in [6.07, 6.45) is -1.04. The molecular weight excluding hydrogens is 373 g/mol. The molecule has 1 fully saturated rings. The normalized spacial score (nSPS) is 22.6. The Bertz CT molecular complexity index is 469. The molecular formula is C11H11F2IN2O3. The van der Waals surface area contributed by atoms with Crippen molar-refractivity contribution in [2.75, 3.05) is 13.2 Å². The second-order valence-corrected chi connectivity index (χ2v) is 5.31. The van der Waals surface area contributed by atoms with Gasteiger partial charge in [0.05, 0.1) is 16.2 Å². The molecule has 0 saturated carbocycles. The van der Waals surface area contributed by atoms with Crippen LogP contribution in [0.4, 0.5) is 13.6 Å². The average molecular weight is 384 g/mol. The maximum absolute atomic E-state index is 13.4. The van der Waals surface area contributed by atoms with Gasteiger partial charge in [-0.3, -0.25) is 4.90 Å². The lowest BCUT2D eigenvalue weighted by molar-refractivity contribution is 0.121. The molecule has 2 atom stereocenters. The molecule has 2 rings (SSSR count). The molecule has 1 aliphatic heterocycles. The Hall–Kier alpha value is -1.19. The van der Waals surface area contributed by atoms with Crippen molar-refractivity contribution in [3.05, 3.63) is 21.8 Å². The van der Waals surface area contributed by atoms with Crippen LogP contribution in [0.3, 0.4) is 0 Å². The van der Waals surface area contributed by atoms with Gasteiger partial charge in [-0.05, 0) is 28.7 Å². The van der Waals surface area contributed by atoms with Crippen LogP contribution in [-0.2, 0) is 0 Å². The summed E-state index contributed by atoms with van der Waals surface area (Å²) in [5, 5.41) is 8.92. The molecule has 0 radical (unpaired) electrons. The third-order valence-electron chi connectivity index (χ3n) is 2.84. The number of carbonyl (C=O) groups is 1. The summed E-state index contributed by atoms with van der Waals surface area (Å²) in [5.41, 5.74) is 0. The molecule has 2 heterocycles. The third-order valence-corrected chi connectivity index (χ3v) is 3.69. The molecule has 1 N–H and O–H groups in total. The highest BCUT2D eigenvalue weighted by molar-refractivity contribution is 14.1. The smallest absolute Gasteiger partial charge is 0.407 e. The number of ether oxygens (including phenoxy) is 1. The molecule has 0 aromatic carbocycles. The van der Waals surface area contributed by atoms with Crippen LogP contribution >= 0.6 is 22.6 Å². The van der Waals surface area contributed by atoms with Gasteiger partial charge in [0.1, 0.15) is 12.8 Å². The summed E-state index contributed by atoms with van der Waals surface area (Å²) >= 11 is 1.89. The molecule has 1 aliphatic rings. The number of rotatable bonds is 3. The number of amides is 1. The van der Waals surface area contributed by atoms with Crippen molar-refractivity contribution < 1.29 is 23.4 Å². The van der Waals surface area contributed by atoms with E-state index in [0.717, 1.165) is 4.90 Å². The summed E-state index contributed by atoms with van der Waals surface area (Å²) in [6, 6.07) is 0.962. The Balaban J connectivity index is 2.04. The van der Waals surface area contributed by atoms with Gasteiger partial charge < -0.3 is 9.84 Å². The number of halogens is 3. The highest BCUT2D eigenvalue weighted by Gasteiger charge is 2.36. The molecule has 8 heteroatoms. The lowest BCUT2D eigenvalue weighted by atomic mass is 10.2. The zero-order valence-corrected chi connectivity index (χ0v) is 11.9. The van der Waals surface area contributed by atoms with E-state index in [1.807, 2.05) is 22.6 Å². The van der Waals surface area contributed by atoms with Gasteiger partial charge in [0.25, 0.3) is 5.95 Å². The Labute approximate surface area is 121 Å². The molecule has 1 amide bonds. The van der Waals surface area contributed by atoms with Crippen molar-refractivity contribution in [1.82, 2.24) is 9.88 Å². The summed E-state index contributed by atoms with van der Waals surface area (Å²) in [6.45, 7) is -0.263. The average Bonchev–Trinajstić information content (AvgIpc) is 2.70. The van der Waals surface area contributed by atoms with E-state index in [1.165, 1.54) is 6.20 Å². The first-order chi connectivity index (χ1) is 8.99. The molecule has 1 aromatic rings. The summed E-state index contributed by atoms with van der Waals surface area (Å²) in [4.78, 5) is 15.4. The predicted molar refractivity (Wildman–Crippen MR) is 70.4 cm³/mol. The molecule has 19 heavy (non-hydrogen) atoms. The van der Waals surface area contributed by atoms with Gasteiger partial charge in [-0.1, -0.05) is 0 Å². The molecule has 0 aliphatic carbocycles. The van der Waals surface area contributed by atoms with Gasteiger partial charge in [0.2, 0.25) is 0 Å². The maximum atomic E-state index is 13.4. The second kappa shape index (κ2) is 5.85. The van der Waals surface area contributed by atoms with Crippen LogP contribution in [0.15, 0.2) is 12.3 Å². The number of carboxylic acid groups (broad SMARTS) is 1. The van der Waals surface area contributed by atoms with E-state index < -0.39 is 24.3 Å². The molecule has 0 unspecified atom stereocenters. The predicted octanol–water partition coefficient (Wildman–Crippen LogP) is 2.29. The fourth-order valence-electron chi connectivity index (χ4n) is 1.96.